The van der Waals surface area contributed by atoms with Crippen LogP contribution >= 0.6 is 0 Å². The van der Waals surface area contributed by atoms with Crippen LogP contribution in [0.4, 0.5) is 17.3 Å². The summed E-state index contributed by atoms with van der Waals surface area (Å²) in [5, 5.41) is 0. The number of amides is 2. The summed E-state index contributed by atoms with van der Waals surface area (Å²) >= 11 is 0. The van der Waals surface area contributed by atoms with E-state index >= 15 is 0 Å². The number of benzene rings is 2. The number of anilines is 3. The number of carbonyl (C=O) groups is 2. The minimum absolute atomic E-state index is 0.102. The number of hydrogen-bond donors (Lipinski definition) is 5. The topological polar surface area (TPSA) is 147 Å². The van der Waals surface area contributed by atoms with Gasteiger partial charge in [-0.2, -0.15) is 0 Å². The third kappa shape index (κ3) is 5.25. The van der Waals surface area contributed by atoms with Gasteiger partial charge in [0.25, 0.3) is 5.91 Å². The molecule has 0 saturated heterocycles. The van der Waals surface area contributed by atoms with E-state index in [1.807, 2.05) is 60.7 Å². The molecule has 0 bridgehead atoms. The average molecular weight is 454 g/mol. The number of nitrogen functional groups attached to an aromatic ring is 1. The lowest BCUT2D eigenvalue weighted by Crippen LogP contribution is -2.35. The number of hydrazine groups is 2. The molecule has 0 atom stereocenters. The molecule has 2 amide bonds. The van der Waals surface area contributed by atoms with Crippen LogP contribution in [0.5, 0.6) is 0 Å². The fourth-order valence-electron chi connectivity index (χ4n) is 3.26. The maximum Gasteiger partial charge on any atom is 0.271 e. The number of pyridine rings is 1. The molecule has 0 spiro atoms. The number of nitrogens with one attached hydrogen (secondary N) is 4. The molecule has 4 aromatic rings. The smallest absolute Gasteiger partial charge is 0.271 e. The molecule has 0 saturated carbocycles. The molecule has 10 heteroatoms. The second-order valence-electron chi connectivity index (χ2n) is 7.17. The lowest BCUT2D eigenvalue weighted by atomic mass is 9.91. The fourth-order valence-corrected chi connectivity index (χ4v) is 3.26. The molecule has 170 valence electrons. The summed E-state index contributed by atoms with van der Waals surface area (Å²) in [6.45, 7) is 0. The molecule has 0 aliphatic heterocycles. The Bertz CT molecular complexity index is 1210. The maximum atomic E-state index is 13.1. The van der Waals surface area contributed by atoms with Gasteiger partial charge in [0.15, 0.2) is 11.6 Å². The standard InChI is InChI=1S/C24H22N8O2/c25-20-21(29-31-23(33)18-12-7-13-26-14-18)27-15-28-22(20)30-32-24(34)19(16-8-3-1-4-9-16)17-10-5-2-6-11-17/h1-15,19H,25H2,(H,31,33)(H,32,34)(H2,27,28,29,30). The van der Waals surface area contributed by atoms with Crippen molar-refractivity contribution in [1.29, 1.82) is 0 Å². The first-order chi connectivity index (χ1) is 16.6. The van der Waals surface area contributed by atoms with E-state index in [1.165, 1.54) is 12.5 Å². The Morgan fingerprint density at radius 1 is 0.765 bits per heavy atom. The highest BCUT2D eigenvalue weighted by Crippen LogP contribution is 2.25. The van der Waals surface area contributed by atoms with E-state index in [1.54, 1.807) is 18.3 Å². The van der Waals surface area contributed by atoms with Crippen LogP contribution in [0.15, 0.2) is 91.5 Å². The van der Waals surface area contributed by atoms with Gasteiger partial charge in [-0.3, -0.25) is 36.3 Å². The van der Waals surface area contributed by atoms with E-state index in [0.717, 1.165) is 11.1 Å². The van der Waals surface area contributed by atoms with Crippen molar-refractivity contribution >= 4 is 29.1 Å². The van der Waals surface area contributed by atoms with Crippen LogP contribution in [0, 0.1) is 0 Å². The van der Waals surface area contributed by atoms with Crippen molar-refractivity contribution in [1.82, 2.24) is 25.8 Å². The second kappa shape index (κ2) is 10.6. The minimum atomic E-state index is -0.547. The lowest BCUT2D eigenvalue weighted by molar-refractivity contribution is -0.121. The zero-order valence-electron chi connectivity index (χ0n) is 18.0. The van der Waals surface area contributed by atoms with Crippen molar-refractivity contribution in [3.8, 4) is 0 Å². The molecule has 2 heterocycles. The molecule has 2 aromatic carbocycles. The third-order valence-electron chi connectivity index (χ3n) is 4.93. The first-order valence-electron chi connectivity index (χ1n) is 10.4. The summed E-state index contributed by atoms with van der Waals surface area (Å²) in [4.78, 5) is 37.4. The monoisotopic (exact) mass is 454 g/mol. The van der Waals surface area contributed by atoms with Gasteiger partial charge in [-0.25, -0.2) is 9.97 Å². The van der Waals surface area contributed by atoms with Crippen LogP contribution in [0.2, 0.25) is 0 Å². The average Bonchev–Trinajstić information content (AvgIpc) is 2.89. The quantitative estimate of drug-likeness (QED) is 0.255. The first kappa shape index (κ1) is 22.2. The van der Waals surface area contributed by atoms with E-state index in [9.17, 15) is 9.59 Å². The molecular weight excluding hydrogens is 432 g/mol. The maximum absolute atomic E-state index is 13.1. The van der Waals surface area contributed by atoms with E-state index < -0.39 is 11.8 Å². The van der Waals surface area contributed by atoms with Gasteiger partial charge >= 0.3 is 0 Å². The molecule has 2 aromatic heterocycles. The zero-order valence-corrected chi connectivity index (χ0v) is 18.0. The molecule has 0 unspecified atom stereocenters. The number of hydrogen-bond acceptors (Lipinski definition) is 8. The Hall–Kier alpha value is -4.99. The van der Waals surface area contributed by atoms with Gasteiger partial charge in [0, 0.05) is 12.4 Å². The third-order valence-corrected chi connectivity index (χ3v) is 4.93. The minimum Gasteiger partial charge on any atom is -0.393 e. The Balaban J connectivity index is 1.45. The predicted octanol–water partition coefficient (Wildman–Crippen LogP) is 2.49. The van der Waals surface area contributed by atoms with Gasteiger partial charge in [0.1, 0.15) is 12.0 Å². The van der Waals surface area contributed by atoms with Crippen molar-refractivity contribution in [2.45, 2.75) is 5.92 Å². The Labute approximate surface area is 195 Å². The largest absolute Gasteiger partial charge is 0.393 e. The normalized spacial score (nSPS) is 10.4. The summed E-state index contributed by atoms with van der Waals surface area (Å²) in [6.07, 6.45) is 4.24. The van der Waals surface area contributed by atoms with Crippen LogP contribution in [-0.2, 0) is 4.79 Å². The molecular formula is C24H22N8O2. The Morgan fingerprint density at radius 2 is 1.35 bits per heavy atom. The summed E-state index contributed by atoms with van der Waals surface area (Å²) < 4.78 is 0. The molecule has 0 fully saturated rings. The van der Waals surface area contributed by atoms with Crippen LogP contribution in [0.1, 0.15) is 27.4 Å². The lowest BCUT2D eigenvalue weighted by Gasteiger charge is -2.19. The van der Waals surface area contributed by atoms with Gasteiger partial charge in [-0.15, -0.1) is 0 Å². The van der Waals surface area contributed by atoms with E-state index in [0.29, 0.717) is 5.56 Å². The first-order valence-corrected chi connectivity index (χ1v) is 10.4. The molecule has 0 aliphatic rings. The van der Waals surface area contributed by atoms with Crippen molar-refractivity contribution in [2.24, 2.45) is 0 Å². The van der Waals surface area contributed by atoms with Crippen LogP contribution in [-0.4, -0.2) is 26.8 Å². The number of rotatable bonds is 8. The molecule has 0 radical (unpaired) electrons. The number of nitrogens with zero attached hydrogens (tertiary/aromatic N) is 3. The Morgan fingerprint density at radius 3 is 1.91 bits per heavy atom. The molecule has 4 rings (SSSR count). The fraction of sp³-hybridized carbons (Fsp3) is 0.0417. The summed E-state index contributed by atoms with van der Waals surface area (Å²) in [5.41, 5.74) is 18.8. The molecule has 10 nitrogen and oxygen atoms in total. The van der Waals surface area contributed by atoms with Gasteiger partial charge in [-0.1, -0.05) is 60.7 Å². The molecule has 0 aliphatic carbocycles. The number of aromatic nitrogens is 3. The SMILES string of the molecule is Nc1c(NNC(=O)c2cccnc2)ncnc1NNC(=O)C(c1ccccc1)c1ccccc1. The van der Waals surface area contributed by atoms with Gasteiger partial charge in [0.05, 0.1) is 11.5 Å². The Kier molecular flexibility index (Phi) is 6.89. The van der Waals surface area contributed by atoms with Crippen molar-refractivity contribution in [2.75, 3.05) is 16.6 Å². The summed E-state index contributed by atoms with van der Waals surface area (Å²) in [7, 11) is 0. The highest BCUT2D eigenvalue weighted by Gasteiger charge is 2.23. The van der Waals surface area contributed by atoms with Crippen molar-refractivity contribution in [3.63, 3.8) is 0 Å². The van der Waals surface area contributed by atoms with Crippen molar-refractivity contribution in [3.05, 3.63) is 108 Å². The van der Waals surface area contributed by atoms with E-state index in [-0.39, 0.29) is 23.2 Å². The zero-order chi connectivity index (χ0) is 23.8. The van der Waals surface area contributed by atoms with Crippen LogP contribution in [0.25, 0.3) is 0 Å². The van der Waals surface area contributed by atoms with Gasteiger partial charge in [-0.05, 0) is 23.3 Å². The molecule has 34 heavy (non-hydrogen) atoms. The van der Waals surface area contributed by atoms with E-state index in [2.05, 4.69) is 36.7 Å². The highest BCUT2D eigenvalue weighted by atomic mass is 16.2. The van der Waals surface area contributed by atoms with Gasteiger partial charge in [0.2, 0.25) is 5.91 Å². The number of nitrogens with two attached hydrogens (primary N) is 1. The van der Waals surface area contributed by atoms with E-state index in [4.69, 9.17) is 5.73 Å². The van der Waals surface area contributed by atoms with Gasteiger partial charge < -0.3 is 5.73 Å². The van der Waals surface area contributed by atoms with Crippen LogP contribution in [0.3, 0.4) is 0 Å². The summed E-state index contributed by atoms with van der Waals surface area (Å²) in [5.74, 6) is -0.931. The predicted molar refractivity (Wildman–Crippen MR) is 128 cm³/mol. The second-order valence-corrected chi connectivity index (χ2v) is 7.17. The highest BCUT2D eigenvalue weighted by molar-refractivity contribution is 5.95. The number of carbonyl (C=O) groups excluding carboxylic acids is 2. The van der Waals surface area contributed by atoms with Crippen molar-refractivity contribution < 1.29 is 9.59 Å². The summed E-state index contributed by atoms with van der Waals surface area (Å²) in [6, 6.07) is 22.1. The van der Waals surface area contributed by atoms with Crippen LogP contribution < -0.4 is 27.4 Å². The molecule has 6 N–H and O–H groups in total.